The molecule has 0 heterocycles. The van der Waals surface area contributed by atoms with Crippen LogP contribution in [0, 0.1) is 0 Å². The lowest BCUT2D eigenvalue weighted by Crippen LogP contribution is -2.35. The van der Waals surface area contributed by atoms with Gasteiger partial charge in [-0.25, -0.2) is 0 Å². The Balaban J connectivity index is 4.71. The lowest BCUT2D eigenvalue weighted by molar-refractivity contribution is -0.0826. The van der Waals surface area contributed by atoms with Gasteiger partial charge >= 0.3 is 0 Å². The molecule has 3 heteroatoms. The highest BCUT2D eigenvalue weighted by Crippen LogP contribution is 2.23. The van der Waals surface area contributed by atoms with Crippen molar-refractivity contribution in [3.63, 3.8) is 0 Å². The zero-order valence-corrected chi connectivity index (χ0v) is 14.8. The van der Waals surface area contributed by atoms with E-state index in [4.69, 9.17) is 14.2 Å². The highest BCUT2D eigenvalue weighted by molar-refractivity contribution is 5.16. The second kappa shape index (κ2) is 11.3. The Morgan fingerprint density at radius 3 is 2.41 bits per heavy atom. The quantitative estimate of drug-likeness (QED) is 0.224. The molecule has 0 aromatic carbocycles. The van der Waals surface area contributed by atoms with Crippen LogP contribution < -0.4 is 0 Å². The summed E-state index contributed by atoms with van der Waals surface area (Å²) in [6, 6.07) is 0. The summed E-state index contributed by atoms with van der Waals surface area (Å²) in [6.07, 6.45) is 10.0. The van der Waals surface area contributed by atoms with Crippen LogP contribution in [0.4, 0.5) is 0 Å². The number of hydrogen-bond donors (Lipinski definition) is 0. The van der Waals surface area contributed by atoms with Crippen LogP contribution in [-0.2, 0) is 14.2 Å². The smallest absolute Gasteiger partial charge is 0.115 e. The summed E-state index contributed by atoms with van der Waals surface area (Å²) >= 11 is 0. The molecular formula is C19H32O3. The molecule has 3 nitrogen and oxygen atoms in total. The maximum atomic E-state index is 6.08. The van der Waals surface area contributed by atoms with Crippen molar-refractivity contribution < 1.29 is 14.2 Å². The van der Waals surface area contributed by atoms with E-state index >= 15 is 0 Å². The predicted octanol–water partition coefficient (Wildman–Crippen LogP) is 4.81. The maximum Gasteiger partial charge on any atom is 0.115 e. The van der Waals surface area contributed by atoms with Crippen LogP contribution in [0.25, 0.3) is 0 Å². The van der Waals surface area contributed by atoms with Crippen LogP contribution in [0.15, 0.2) is 49.3 Å². The molecule has 0 spiro atoms. The van der Waals surface area contributed by atoms with Crippen molar-refractivity contribution in [3.8, 4) is 0 Å². The Morgan fingerprint density at radius 2 is 1.91 bits per heavy atom. The number of rotatable bonds is 12. The second-order valence-electron chi connectivity index (χ2n) is 5.98. The molecule has 0 N–H and O–H groups in total. The third-order valence-electron chi connectivity index (χ3n) is 2.80. The first kappa shape index (κ1) is 20.7. The Labute approximate surface area is 136 Å². The van der Waals surface area contributed by atoms with E-state index in [1.807, 2.05) is 39.0 Å². The van der Waals surface area contributed by atoms with Crippen molar-refractivity contribution in [1.82, 2.24) is 0 Å². The van der Waals surface area contributed by atoms with E-state index < -0.39 is 0 Å². The Morgan fingerprint density at radius 1 is 1.23 bits per heavy atom. The highest BCUT2D eigenvalue weighted by atomic mass is 16.5. The first-order chi connectivity index (χ1) is 10.3. The molecule has 0 aromatic heterocycles. The Hall–Kier alpha value is -1.32. The van der Waals surface area contributed by atoms with Gasteiger partial charge in [0.15, 0.2) is 0 Å². The van der Waals surface area contributed by atoms with Gasteiger partial charge in [0.1, 0.15) is 11.4 Å². The molecule has 1 atom stereocenters. The highest BCUT2D eigenvalue weighted by Gasteiger charge is 2.26. The molecule has 0 aromatic rings. The van der Waals surface area contributed by atoms with Gasteiger partial charge < -0.3 is 14.2 Å². The average molecular weight is 308 g/mol. The van der Waals surface area contributed by atoms with Crippen molar-refractivity contribution in [3.05, 3.63) is 49.3 Å². The third-order valence-corrected chi connectivity index (χ3v) is 2.80. The van der Waals surface area contributed by atoms with Crippen molar-refractivity contribution in [1.29, 1.82) is 0 Å². The van der Waals surface area contributed by atoms with Gasteiger partial charge in [-0.1, -0.05) is 24.8 Å². The van der Waals surface area contributed by atoms with Gasteiger partial charge in [-0.05, 0) is 46.8 Å². The van der Waals surface area contributed by atoms with Crippen molar-refractivity contribution in [2.75, 3.05) is 13.2 Å². The molecule has 0 aliphatic rings. The molecule has 0 radical (unpaired) electrons. The van der Waals surface area contributed by atoms with Crippen LogP contribution in [0.3, 0.4) is 0 Å². The summed E-state index contributed by atoms with van der Waals surface area (Å²) in [5.41, 5.74) is -0.357. The lowest BCUT2D eigenvalue weighted by atomic mass is 10.0. The zero-order chi connectivity index (χ0) is 17.0. The SMILES string of the molecule is C=C/C=C\C(=C/C)OC(C)(C)CC(COCC=C)OC(C)C. The van der Waals surface area contributed by atoms with E-state index in [9.17, 15) is 0 Å². The summed E-state index contributed by atoms with van der Waals surface area (Å²) in [7, 11) is 0. The fraction of sp³-hybridized carbons (Fsp3) is 0.579. The Kier molecular flexibility index (Phi) is 10.6. The van der Waals surface area contributed by atoms with E-state index in [1.54, 1.807) is 12.2 Å². The molecule has 0 fully saturated rings. The topological polar surface area (TPSA) is 27.7 Å². The van der Waals surface area contributed by atoms with Crippen molar-refractivity contribution in [2.24, 2.45) is 0 Å². The molecule has 1 unspecified atom stereocenters. The van der Waals surface area contributed by atoms with E-state index in [2.05, 4.69) is 27.0 Å². The summed E-state index contributed by atoms with van der Waals surface area (Å²) in [5, 5.41) is 0. The van der Waals surface area contributed by atoms with Gasteiger partial charge in [0.05, 0.1) is 25.4 Å². The minimum atomic E-state index is -0.357. The minimum absolute atomic E-state index is 0.0172. The Bertz CT molecular complexity index is 378. The lowest BCUT2D eigenvalue weighted by Gasteiger charge is -2.32. The van der Waals surface area contributed by atoms with Crippen LogP contribution in [0.5, 0.6) is 0 Å². The van der Waals surface area contributed by atoms with Crippen molar-refractivity contribution >= 4 is 0 Å². The predicted molar refractivity (Wildman–Crippen MR) is 93.9 cm³/mol. The van der Waals surface area contributed by atoms with Crippen LogP contribution in [0.2, 0.25) is 0 Å². The van der Waals surface area contributed by atoms with Gasteiger partial charge in [-0.15, -0.1) is 6.58 Å². The third kappa shape index (κ3) is 10.4. The molecule has 0 aliphatic heterocycles. The van der Waals surface area contributed by atoms with Gasteiger partial charge in [-0.3, -0.25) is 0 Å². The molecule has 0 saturated carbocycles. The van der Waals surface area contributed by atoms with Crippen LogP contribution in [0.1, 0.15) is 41.0 Å². The molecule has 0 amide bonds. The largest absolute Gasteiger partial charge is 0.488 e. The molecule has 0 rings (SSSR count). The van der Waals surface area contributed by atoms with Gasteiger partial charge in [0.25, 0.3) is 0 Å². The molecule has 0 aliphatic carbocycles. The average Bonchev–Trinajstić information content (AvgIpc) is 2.42. The monoisotopic (exact) mass is 308 g/mol. The van der Waals surface area contributed by atoms with Gasteiger partial charge in [0.2, 0.25) is 0 Å². The van der Waals surface area contributed by atoms with E-state index in [1.165, 1.54) is 0 Å². The van der Waals surface area contributed by atoms with E-state index in [0.717, 1.165) is 12.2 Å². The number of allylic oxidation sites excluding steroid dienone is 4. The minimum Gasteiger partial charge on any atom is -0.488 e. The standard InChI is InChI=1S/C19H32O3/c1-8-11-12-17(10-3)22-19(6,7)14-18(21-16(4)5)15-20-13-9-2/h8-12,16,18H,1-2,13-15H2,3-7H3/b12-11-,17-10+. The van der Waals surface area contributed by atoms with E-state index in [-0.39, 0.29) is 17.8 Å². The molecular weight excluding hydrogens is 276 g/mol. The summed E-state index contributed by atoms with van der Waals surface area (Å²) in [4.78, 5) is 0. The molecule has 126 valence electrons. The number of ether oxygens (including phenoxy) is 3. The summed E-state index contributed by atoms with van der Waals surface area (Å²) < 4.78 is 17.6. The van der Waals surface area contributed by atoms with Crippen molar-refractivity contribution in [2.45, 2.75) is 58.8 Å². The fourth-order valence-corrected chi connectivity index (χ4v) is 2.08. The maximum absolute atomic E-state index is 6.08. The first-order valence-electron chi connectivity index (χ1n) is 7.83. The first-order valence-corrected chi connectivity index (χ1v) is 7.83. The number of hydrogen-bond acceptors (Lipinski definition) is 3. The summed E-state index contributed by atoms with van der Waals surface area (Å²) in [5.74, 6) is 0.820. The fourth-order valence-electron chi connectivity index (χ4n) is 2.08. The zero-order valence-electron chi connectivity index (χ0n) is 14.8. The van der Waals surface area contributed by atoms with Gasteiger partial charge in [-0.2, -0.15) is 0 Å². The molecule has 0 saturated heterocycles. The summed E-state index contributed by atoms with van der Waals surface area (Å²) in [6.45, 7) is 18.5. The van der Waals surface area contributed by atoms with Crippen LogP contribution in [-0.4, -0.2) is 31.0 Å². The van der Waals surface area contributed by atoms with E-state index in [0.29, 0.717) is 13.2 Å². The van der Waals surface area contributed by atoms with Gasteiger partial charge in [0, 0.05) is 6.42 Å². The van der Waals surface area contributed by atoms with Crippen LogP contribution >= 0.6 is 0 Å². The molecule has 0 bridgehead atoms. The normalized spacial score (nSPS) is 14.4. The molecule has 22 heavy (non-hydrogen) atoms. The second-order valence-corrected chi connectivity index (χ2v) is 5.98.